The van der Waals surface area contributed by atoms with Crippen LogP contribution in [0.25, 0.3) is 10.2 Å². The van der Waals surface area contributed by atoms with E-state index in [9.17, 15) is 4.79 Å². The van der Waals surface area contributed by atoms with Gasteiger partial charge in [0.1, 0.15) is 0 Å². The highest BCUT2D eigenvalue weighted by Gasteiger charge is 2.20. The van der Waals surface area contributed by atoms with Gasteiger partial charge < -0.3 is 10.2 Å². The number of aromatic nitrogens is 1. The lowest BCUT2D eigenvalue weighted by Gasteiger charge is -2.34. The first-order valence-electron chi connectivity index (χ1n) is 9.69. The van der Waals surface area contributed by atoms with E-state index in [0.717, 1.165) is 62.8 Å². The highest BCUT2D eigenvalue weighted by atomic mass is 32.1. The molecular weight excluding hydrogens is 344 g/mol. The van der Waals surface area contributed by atoms with Crippen LogP contribution in [0, 0.1) is 13.8 Å². The summed E-state index contributed by atoms with van der Waals surface area (Å²) in [5.74, 6) is 0.186. The van der Waals surface area contributed by atoms with Crippen molar-refractivity contribution in [1.29, 1.82) is 0 Å². The van der Waals surface area contributed by atoms with Gasteiger partial charge in [0, 0.05) is 45.7 Å². The maximum absolute atomic E-state index is 11.7. The zero-order valence-electron chi connectivity index (χ0n) is 16.2. The first-order valence-corrected chi connectivity index (χ1v) is 10.5. The fourth-order valence-corrected chi connectivity index (χ4v) is 4.37. The Bertz CT molecular complexity index is 750. The summed E-state index contributed by atoms with van der Waals surface area (Å²) in [7, 11) is 0. The second-order valence-corrected chi connectivity index (χ2v) is 8.14. The monoisotopic (exact) mass is 374 g/mol. The van der Waals surface area contributed by atoms with Crippen LogP contribution >= 0.6 is 11.3 Å². The van der Waals surface area contributed by atoms with Crippen LogP contribution in [0.1, 0.15) is 37.3 Å². The predicted octanol–water partition coefficient (Wildman–Crippen LogP) is 3.34. The van der Waals surface area contributed by atoms with E-state index in [1.54, 1.807) is 11.3 Å². The van der Waals surface area contributed by atoms with Crippen molar-refractivity contribution in [2.24, 2.45) is 0 Å². The summed E-state index contributed by atoms with van der Waals surface area (Å²) in [5, 5.41) is 4.17. The average Bonchev–Trinajstić information content (AvgIpc) is 3.09. The van der Waals surface area contributed by atoms with Gasteiger partial charge in [-0.15, -0.1) is 0 Å². The Kier molecular flexibility index (Phi) is 6.48. The van der Waals surface area contributed by atoms with Gasteiger partial charge in [0.25, 0.3) is 0 Å². The molecule has 1 aliphatic rings. The number of fused-ring (bicyclic) bond motifs is 1. The third-order valence-corrected chi connectivity index (χ3v) is 6.31. The topological polar surface area (TPSA) is 48.5 Å². The number of nitrogens with zero attached hydrogens (tertiary/aromatic N) is 3. The molecule has 0 unspecified atom stereocenters. The maximum atomic E-state index is 11.7. The van der Waals surface area contributed by atoms with E-state index in [-0.39, 0.29) is 5.91 Å². The molecule has 0 bridgehead atoms. The number of benzene rings is 1. The van der Waals surface area contributed by atoms with E-state index >= 15 is 0 Å². The number of aryl methyl sites for hydroxylation is 2. The van der Waals surface area contributed by atoms with Crippen molar-refractivity contribution in [1.82, 2.24) is 15.2 Å². The molecule has 6 heteroatoms. The standard InChI is InChI=1S/C20H30N4OS/c1-4-5-6-18(25)21-9-10-23-11-13-24(14-12-23)20-22-19-16(3)15(2)7-8-17(19)26-20/h7-8H,4-6,9-14H2,1-3H3,(H,21,25). The number of nitrogens with one attached hydrogen (secondary N) is 1. The molecule has 1 aromatic carbocycles. The van der Waals surface area contributed by atoms with Gasteiger partial charge in [-0.2, -0.15) is 0 Å². The quantitative estimate of drug-likeness (QED) is 0.807. The van der Waals surface area contributed by atoms with Gasteiger partial charge in [-0.3, -0.25) is 9.69 Å². The van der Waals surface area contributed by atoms with Crippen LogP contribution < -0.4 is 10.2 Å². The minimum absolute atomic E-state index is 0.186. The number of unbranched alkanes of at least 4 members (excludes halogenated alkanes) is 1. The van der Waals surface area contributed by atoms with Crippen LogP contribution in [0.4, 0.5) is 5.13 Å². The highest BCUT2D eigenvalue weighted by molar-refractivity contribution is 7.22. The van der Waals surface area contributed by atoms with Crippen LogP contribution in [-0.2, 0) is 4.79 Å². The molecule has 3 rings (SSSR count). The third-order valence-electron chi connectivity index (χ3n) is 5.22. The van der Waals surface area contributed by atoms with Crippen molar-refractivity contribution in [3.8, 4) is 0 Å². The number of carbonyl (C=O) groups excluding carboxylic acids is 1. The average molecular weight is 375 g/mol. The van der Waals surface area contributed by atoms with Crippen molar-refractivity contribution in [3.05, 3.63) is 23.3 Å². The number of piperazine rings is 1. The molecule has 1 saturated heterocycles. The Morgan fingerprint density at radius 2 is 2.00 bits per heavy atom. The van der Waals surface area contributed by atoms with Gasteiger partial charge >= 0.3 is 0 Å². The summed E-state index contributed by atoms with van der Waals surface area (Å²) in [4.78, 5) is 21.4. The molecule has 2 aromatic rings. The zero-order chi connectivity index (χ0) is 18.5. The molecule has 1 aliphatic heterocycles. The van der Waals surface area contributed by atoms with Gasteiger partial charge in [-0.05, 0) is 37.5 Å². The molecule has 0 radical (unpaired) electrons. The van der Waals surface area contributed by atoms with E-state index < -0.39 is 0 Å². The fraction of sp³-hybridized carbons (Fsp3) is 0.600. The molecule has 1 amide bonds. The van der Waals surface area contributed by atoms with Crippen molar-refractivity contribution < 1.29 is 4.79 Å². The second kappa shape index (κ2) is 8.82. The lowest BCUT2D eigenvalue weighted by Crippen LogP contribution is -2.48. The summed E-state index contributed by atoms with van der Waals surface area (Å²) in [6, 6.07) is 4.38. The lowest BCUT2D eigenvalue weighted by atomic mass is 10.1. The number of carbonyl (C=O) groups is 1. The Morgan fingerprint density at radius 3 is 2.73 bits per heavy atom. The first kappa shape index (κ1) is 19.1. The molecule has 1 N–H and O–H groups in total. The van der Waals surface area contributed by atoms with E-state index in [2.05, 4.69) is 48.0 Å². The maximum Gasteiger partial charge on any atom is 0.220 e. The van der Waals surface area contributed by atoms with Gasteiger partial charge in [0.15, 0.2) is 5.13 Å². The van der Waals surface area contributed by atoms with Gasteiger partial charge in [0.05, 0.1) is 10.2 Å². The lowest BCUT2D eigenvalue weighted by molar-refractivity contribution is -0.121. The largest absolute Gasteiger partial charge is 0.355 e. The fourth-order valence-electron chi connectivity index (χ4n) is 3.29. The van der Waals surface area contributed by atoms with Crippen LogP contribution in [0.15, 0.2) is 12.1 Å². The van der Waals surface area contributed by atoms with Gasteiger partial charge in [-0.25, -0.2) is 4.98 Å². The van der Waals surface area contributed by atoms with Crippen LogP contribution in [0.3, 0.4) is 0 Å². The number of hydrogen-bond donors (Lipinski definition) is 1. The van der Waals surface area contributed by atoms with Crippen LogP contribution in [-0.4, -0.2) is 55.1 Å². The Balaban J connectivity index is 1.48. The molecule has 142 valence electrons. The number of anilines is 1. The van der Waals surface area contributed by atoms with Crippen molar-refractivity contribution >= 4 is 32.6 Å². The Morgan fingerprint density at radius 1 is 1.23 bits per heavy atom. The van der Waals surface area contributed by atoms with Crippen LogP contribution in [0.2, 0.25) is 0 Å². The van der Waals surface area contributed by atoms with Crippen molar-refractivity contribution in [2.75, 3.05) is 44.2 Å². The highest BCUT2D eigenvalue weighted by Crippen LogP contribution is 2.32. The number of rotatable bonds is 7. The molecule has 1 fully saturated rings. The van der Waals surface area contributed by atoms with Crippen molar-refractivity contribution in [2.45, 2.75) is 40.0 Å². The number of amides is 1. The first-order chi connectivity index (χ1) is 12.6. The molecular formula is C20H30N4OS. The smallest absolute Gasteiger partial charge is 0.220 e. The minimum atomic E-state index is 0.186. The summed E-state index contributed by atoms with van der Waals surface area (Å²) < 4.78 is 1.28. The van der Waals surface area contributed by atoms with Gasteiger partial charge in [0.2, 0.25) is 5.91 Å². The van der Waals surface area contributed by atoms with E-state index in [4.69, 9.17) is 4.98 Å². The molecule has 26 heavy (non-hydrogen) atoms. The SMILES string of the molecule is CCCCC(=O)NCCN1CCN(c2nc3c(C)c(C)ccc3s2)CC1. The summed E-state index contributed by atoms with van der Waals surface area (Å²) in [6.07, 6.45) is 2.70. The summed E-state index contributed by atoms with van der Waals surface area (Å²) >= 11 is 1.80. The van der Waals surface area contributed by atoms with E-state index in [1.165, 1.54) is 15.8 Å². The van der Waals surface area contributed by atoms with Gasteiger partial charge in [-0.1, -0.05) is 30.7 Å². The molecule has 0 atom stereocenters. The summed E-state index contributed by atoms with van der Waals surface area (Å²) in [5.41, 5.74) is 3.75. The normalized spacial score (nSPS) is 15.6. The Hall–Kier alpha value is -1.66. The number of thiazole rings is 1. The second-order valence-electron chi connectivity index (χ2n) is 7.13. The molecule has 5 nitrogen and oxygen atoms in total. The summed E-state index contributed by atoms with van der Waals surface area (Å²) in [6.45, 7) is 12.2. The molecule has 1 aromatic heterocycles. The molecule has 2 heterocycles. The number of hydrogen-bond acceptors (Lipinski definition) is 5. The zero-order valence-corrected chi connectivity index (χ0v) is 17.0. The third kappa shape index (κ3) is 4.54. The van der Waals surface area contributed by atoms with E-state index in [0.29, 0.717) is 6.42 Å². The molecule has 0 aliphatic carbocycles. The van der Waals surface area contributed by atoms with Crippen molar-refractivity contribution in [3.63, 3.8) is 0 Å². The Labute approximate surface area is 160 Å². The molecule has 0 saturated carbocycles. The van der Waals surface area contributed by atoms with E-state index in [1.807, 2.05) is 0 Å². The van der Waals surface area contributed by atoms with Crippen LogP contribution in [0.5, 0.6) is 0 Å². The molecule has 0 spiro atoms. The minimum Gasteiger partial charge on any atom is -0.355 e. The predicted molar refractivity (Wildman–Crippen MR) is 110 cm³/mol.